The molecule has 1 amide bonds. The molecule has 208 valence electrons. The summed E-state index contributed by atoms with van der Waals surface area (Å²) in [6.45, 7) is -0.617. The van der Waals surface area contributed by atoms with Gasteiger partial charge in [-0.2, -0.15) is 0 Å². The number of nitrogens with one attached hydrogen (secondary N) is 2. The molecule has 4 aromatic rings. The van der Waals surface area contributed by atoms with Gasteiger partial charge in [0.25, 0.3) is 20.0 Å². The second kappa shape index (κ2) is 12.0. The first kappa shape index (κ1) is 28.3. The molecule has 1 heterocycles. The third-order valence-electron chi connectivity index (χ3n) is 5.51. The number of sulfonamides is 2. The summed E-state index contributed by atoms with van der Waals surface area (Å²) in [7, 11) is -5.38. The number of carbonyl (C=O) groups is 1. The van der Waals surface area contributed by atoms with Gasteiger partial charge in [0.2, 0.25) is 11.9 Å². The fourth-order valence-electron chi connectivity index (χ4n) is 3.59. The van der Waals surface area contributed by atoms with Gasteiger partial charge in [0.15, 0.2) is 0 Å². The maximum atomic E-state index is 13.7. The second-order valence-electron chi connectivity index (χ2n) is 8.11. The molecule has 40 heavy (non-hydrogen) atoms. The lowest BCUT2D eigenvalue weighted by Gasteiger charge is -2.26. The highest BCUT2D eigenvalue weighted by atomic mass is 32.2. The van der Waals surface area contributed by atoms with Crippen LogP contribution < -0.4 is 23.8 Å². The predicted octanol–water partition coefficient (Wildman–Crippen LogP) is 3.13. The van der Waals surface area contributed by atoms with E-state index < -0.39 is 32.5 Å². The highest BCUT2D eigenvalue weighted by Crippen LogP contribution is 2.35. The first-order chi connectivity index (χ1) is 19.1. The van der Waals surface area contributed by atoms with Crippen molar-refractivity contribution >= 4 is 43.3 Å². The van der Waals surface area contributed by atoms with Crippen LogP contribution in [0.2, 0.25) is 0 Å². The minimum atomic E-state index is -4.22. The maximum Gasteiger partial charge on any atom is 0.264 e. The largest absolute Gasteiger partial charge is 0.497 e. The third-order valence-corrected chi connectivity index (χ3v) is 8.63. The van der Waals surface area contributed by atoms with Crippen molar-refractivity contribution in [3.8, 4) is 11.5 Å². The molecule has 0 unspecified atom stereocenters. The molecule has 0 aliphatic heterocycles. The molecular weight excluding hydrogens is 558 g/mol. The fraction of sp³-hybridized carbons (Fsp3) is 0.115. The predicted molar refractivity (Wildman–Crippen MR) is 148 cm³/mol. The Morgan fingerprint density at radius 1 is 0.825 bits per heavy atom. The van der Waals surface area contributed by atoms with Crippen LogP contribution in [0.1, 0.15) is 0 Å². The standard InChI is InChI=1S/C26H25N5O7S2/c1-37-20-11-14-24(38-2)23(17-20)31(40(35,36)22-7-4-3-5-8-22)18-25(32)29-19-9-12-21(13-10-19)39(33,34)30-26-27-15-6-16-28-26/h3-17H,18H2,1-2H3,(H,29,32)(H,27,28,30). The van der Waals surface area contributed by atoms with Crippen LogP contribution in [0.25, 0.3) is 0 Å². The van der Waals surface area contributed by atoms with Crippen molar-refractivity contribution in [3.63, 3.8) is 0 Å². The van der Waals surface area contributed by atoms with E-state index in [4.69, 9.17) is 9.47 Å². The summed E-state index contributed by atoms with van der Waals surface area (Å²) in [6.07, 6.45) is 2.79. The monoisotopic (exact) mass is 583 g/mol. The summed E-state index contributed by atoms with van der Waals surface area (Å²) < 4.78 is 66.4. The van der Waals surface area contributed by atoms with Gasteiger partial charge in [-0.25, -0.2) is 31.5 Å². The van der Waals surface area contributed by atoms with Crippen molar-refractivity contribution in [2.75, 3.05) is 35.1 Å². The Balaban J connectivity index is 1.59. The van der Waals surface area contributed by atoms with Crippen LogP contribution in [-0.4, -0.2) is 53.5 Å². The Bertz CT molecular complexity index is 1680. The smallest absolute Gasteiger partial charge is 0.264 e. The molecule has 0 radical (unpaired) electrons. The summed E-state index contributed by atoms with van der Waals surface area (Å²) in [5, 5.41) is 2.60. The summed E-state index contributed by atoms with van der Waals surface area (Å²) in [5.41, 5.74) is 0.339. The Kier molecular flexibility index (Phi) is 8.50. The highest BCUT2D eigenvalue weighted by molar-refractivity contribution is 7.93. The number of benzene rings is 3. The lowest BCUT2D eigenvalue weighted by molar-refractivity contribution is -0.114. The maximum absolute atomic E-state index is 13.7. The van der Waals surface area contributed by atoms with Crippen molar-refractivity contribution in [2.45, 2.75) is 9.79 Å². The van der Waals surface area contributed by atoms with Crippen LogP contribution in [0.3, 0.4) is 0 Å². The van der Waals surface area contributed by atoms with E-state index in [2.05, 4.69) is 20.0 Å². The van der Waals surface area contributed by atoms with Gasteiger partial charge in [-0.05, 0) is 54.6 Å². The van der Waals surface area contributed by atoms with E-state index in [1.165, 1.54) is 75.1 Å². The van der Waals surface area contributed by atoms with E-state index in [1.54, 1.807) is 30.3 Å². The van der Waals surface area contributed by atoms with Crippen LogP contribution in [0.15, 0.2) is 101 Å². The minimum Gasteiger partial charge on any atom is -0.497 e. The van der Waals surface area contributed by atoms with E-state index >= 15 is 0 Å². The van der Waals surface area contributed by atoms with Crippen molar-refractivity contribution in [1.29, 1.82) is 0 Å². The first-order valence-corrected chi connectivity index (χ1v) is 14.6. The average molecular weight is 584 g/mol. The van der Waals surface area contributed by atoms with E-state index in [0.29, 0.717) is 5.75 Å². The van der Waals surface area contributed by atoms with Gasteiger partial charge in [0, 0.05) is 24.1 Å². The number of aromatic nitrogens is 2. The topological polar surface area (TPSA) is 157 Å². The van der Waals surface area contributed by atoms with Crippen molar-refractivity contribution < 1.29 is 31.1 Å². The van der Waals surface area contributed by atoms with Gasteiger partial charge >= 0.3 is 0 Å². The molecule has 0 bridgehead atoms. The molecule has 0 saturated heterocycles. The highest BCUT2D eigenvalue weighted by Gasteiger charge is 2.30. The normalized spacial score (nSPS) is 11.3. The van der Waals surface area contributed by atoms with Crippen LogP contribution in [0.4, 0.5) is 17.3 Å². The number of nitrogens with zero attached hydrogens (tertiary/aromatic N) is 3. The van der Waals surface area contributed by atoms with Crippen LogP contribution >= 0.6 is 0 Å². The van der Waals surface area contributed by atoms with Gasteiger partial charge in [-0.1, -0.05) is 18.2 Å². The summed E-state index contributed by atoms with van der Waals surface area (Å²) in [4.78, 5) is 20.7. The number of ether oxygens (including phenoxy) is 2. The molecule has 12 nitrogen and oxygen atoms in total. The zero-order valence-electron chi connectivity index (χ0n) is 21.4. The van der Waals surface area contributed by atoms with Crippen molar-refractivity contribution in [1.82, 2.24) is 9.97 Å². The lowest BCUT2D eigenvalue weighted by Crippen LogP contribution is -2.38. The molecule has 0 saturated carbocycles. The van der Waals surface area contributed by atoms with E-state index in [0.717, 1.165) is 4.31 Å². The van der Waals surface area contributed by atoms with Crippen molar-refractivity contribution in [2.24, 2.45) is 0 Å². The number of rotatable bonds is 11. The number of hydrogen-bond donors (Lipinski definition) is 2. The molecular formula is C26H25N5O7S2. The Hall–Kier alpha value is -4.69. The molecule has 0 atom stereocenters. The van der Waals surface area contributed by atoms with E-state index in [-0.39, 0.29) is 32.9 Å². The van der Waals surface area contributed by atoms with E-state index in [1.807, 2.05) is 0 Å². The molecule has 4 rings (SSSR count). The lowest BCUT2D eigenvalue weighted by atomic mass is 10.2. The Morgan fingerprint density at radius 3 is 2.12 bits per heavy atom. The molecule has 2 N–H and O–H groups in total. The summed E-state index contributed by atoms with van der Waals surface area (Å²) >= 11 is 0. The van der Waals surface area contributed by atoms with Gasteiger partial charge in [-0.15, -0.1) is 0 Å². The van der Waals surface area contributed by atoms with Crippen LogP contribution in [0.5, 0.6) is 11.5 Å². The summed E-state index contributed by atoms with van der Waals surface area (Å²) in [5.74, 6) is -0.211. The Morgan fingerprint density at radius 2 is 1.50 bits per heavy atom. The molecule has 14 heteroatoms. The average Bonchev–Trinajstić information content (AvgIpc) is 2.96. The quantitative estimate of drug-likeness (QED) is 0.271. The first-order valence-electron chi connectivity index (χ1n) is 11.6. The van der Waals surface area contributed by atoms with Crippen LogP contribution in [0, 0.1) is 0 Å². The molecule has 1 aromatic heterocycles. The third kappa shape index (κ3) is 6.47. The number of carbonyl (C=O) groups excluding carboxylic acids is 1. The minimum absolute atomic E-state index is 0.0304. The molecule has 0 fully saturated rings. The summed E-state index contributed by atoms with van der Waals surface area (Å²) in [6, 6.07) is 19.1. The molecule has 0 spiro atoms. The molecule has 3 aromatic carbocycles. The second-order valence-corrected chi connectivity index (χ2v) is 11.7. The Labute approximate surface area is 231 Å². The molecule has 0 aliphatic carbocycles. The van der Waals surface area contributed by atoms with Gasteiger partial charge < -0.3 is 14.8 Å². The number of methoxy groups -OCH3 is 2. The van der Waals surface area contributed by atoms with Gasteiger partial charge in [0.1, 0.15) is 18.0 Å². The van der Waals surface area contributed by atoms with E-state index in [9.17, 15) is 21.6 Å². The van der Waals surface area contributed by atoms with Crippen molar-refractivity contribution in [3.05, 3.63) is 91.3 Å². The number of amides is 1. The zero-order chi connectivity index (χ0) is 28.8. The van der Waals surface area contributed by atoms with Gasteiger partial charge in [-0.3, -0.25) is 9.10 Å². The van der Waals surface area contributed by atoms with Gasteiger partial charge in [0.05, 0.1) is 29.7 Å². The zero-order valence-corrected chi connectivity index (χ0v) is 23.0. The number of anilines is 3. The number of hydrogen-bond acceptors (Lipinski definition) is 9. The molecule has 0 aliphatic rings. The SMILES string of the molecule is COc1ccc(OC)c(N(CC(=O)Nc2ccc(S(=O)(=O)Nc3ncccn3)cc2)S(=O)(=O)c2ccccc2)c1. The van der Waals surface area contributed by atoms with Crippen LogP contribution in [-0.2, 0) is 24.8 Å². The fourth-order valence-corrected chi connectivity index (χ4v) is 5.99.